The molecule has 108 valence electrons. The fraction of sp³-hybridized carbons (Fsp3) is 0.529. The van der Waals surface area contributed by atoms with Gasteiger partial charge in [0.15, 0.2) is 0 Å². The summed E-state index contributed by atoms with van der Waals surface area (Å²) < 4.78 is 0. The van der Waals surface area contributed by atoms with Crippen LogP contribution in [0.4, 0.5) is 0 Å². The largest absolute Gasteiger partial charge is 0.302 e. The van der Waals surface area contributed by atoms with E-state index >= 15 is 0 Å². The maximum atomic E-state index is 3.93. The van der Waals surface area contributed by atoms with Crippen LogP contribution < -0.4 is 5.32 Å². The summed E-state index contributed by atoms with van der Waals surface area (Å²) in [5.74, 6) is 1.73. The van der Waals surface area contributed by atoms with Crippen LogP contribution in [0, 0.1) is 11.8 Å². The second-order valence-electron chi connectivity index (χ2n) is 6.10. The summed E-state index contributed by atoms with van der Waals surface area (Å²) in [6.45, 7) is 4.81. The van der Waals surface area contributed by atoms with Crippen molar-refractivity contribution in [1.29, 1.82) is 0 Å². The number of thiophene rings is 2. The van der Waals surface area contributed by atoms with Crippen LogP contribution in [0.3, 0.4) is 0 Å². The first-order valence-electron chi connectivity index (χ1n) is 7.57. The lowest BCUT2D eigenvalue weighted by Gasteiger charge is -2.34. The highest BCUT2D eigenvalue weighted by molar-refractivity contribution is 7.11. The Hall–Kier alpha value is -0.640. The van der Waals surface area contributed by atoms with Gasteiger partial charge in [0.05, 0.1) is 6.04 Å². The maximum Gasteiger partial charge on any atom is 0.0766 e. The van der Waals surface area contributed by atoms with Crippen LogP contribution in [0.1, 0.15) is 48.9 Å². The Balaban J connectivity index is 1.74. The summed E-state index contributed by atoms with van der Waals surface area (Å²) in [5, 5.41) is 8.30. The summed E-state index contributed by atoms with van der Waals surface area (Å²) in [4.78, 5) is 2.89. The van der Waals surface area contributed by atoms with Gasteiger partial charge < -0.3 is 5.32 Å². The molecule has 2 aromatic heterocycles. The molecule has 0 aliphatic heterocycles. The van der Waals surface area contributed by atoms with Gasteiger partial charge in [0, 0.05) is 15.8 Å². The number of hydrogen-bond donors (Lipinski definition) is 1. The van der Waals surface area contributed by atoms with Crippen LogP contribution in [0.15, 0.2) is 35.0 Å². The molecule has 0 aromatic carbocycles. The molecular weight excluding hydrogens is 282 g/mol. The third kappa shape index (κ3) is 3.16. The molecule has 2 heterocycles. The molecule has 2 aromatic rings. The quantitative estimate of drug-likeness (QED) is 0.807. The van der Waals surface area contributed by atoms with Crippen LogP contribution in [0.5, 0.6) is 0 Å². The van der Waals surface area contributed by atoms with Crippen LogP contribution in [-0.2, 0) is 0 Å². The minimum absolute atomic E-state index is 0.389. The van der Waals surface area contributed by atoms with Gasteiger partial charge in [0.2, 0.25) is 0 Å². The van der Waals surface area contributed by atoms with Crippen molar-refractivity contribution in [2.75, 3.05) is 0 Å². The highest BCUT2D eigenvalue weighted by atomic mass is 32.1. The van der Waals surface area contributed by atoms with E-state index in [4.69, 9.17) is 0 Å². The molecule has 1 fully saturated rings. The molecule has 0 amide bonds. The van der Waals surface area contributed by atoms with E-state index in [1.165, 1.54) is 29.0 Å². The molecule has 1 N–H and O–H groups in total. The van der Waals surface area contributed by atoms with E-state index in [2.05, 4.69) is 54.2 Å². The van der Waals surface area contributed by atoms with Crippen molar-refractivity contribution in [3.05, 3.63) is 44.8 Å². The molecule has 0 bridgehead atoms. The molecule has 1 aliphatic carbocycles. The first-order chi connectivity index (χ1) is 9.74. The minimum atomic E-state index is 0.389. The third-order valence-electron chi connectivity index (χ3n) is 4.66. The Labute approximate surface area is 130 Å². The fourth-order valence-electron chi connectivity index (χ4n) is 3.15. The predicted molar refractivity (Wildman–Crippen MR) is 89.6 cm³/mol. The number of rotatable bonds is 4. The maximum absolute atomic E-state index is 3.93. The average Bonchev–Trinajstić information content (AvgIpc) is 3.12. The molecule has 0 saturated heterocycles. The summed E-state index contributed by atoms with van der Waals surface area (Å²) in [6, 6.07) is 9.89. The molecule has 20 heavy (non-hydrogen) atoms. The Kier molecular flexibility index (Phi) is 4.59. The van der Waals surface area contributed by atoms with E-state index in [1.807, 2.05) is 22.7 Å². The van der Waals surface area contributed by atoms with Gasteiger partial charge in [-0.25, -0.2) is 0 Å². The fourth-order valence-corrected chi connectivity index (χ4v) is 4.83. The summed E-state index contributed by atoms with van der Waals surface area (Å²) in [6.07, 6.45) is 3.99. The van der Waals surface area contributed by atoms with Gasteiger partial charge >= 0.3 is 0 Å². The van der Waals surface area contributed by atoms with Crippen molar-refractivity contribution in [2.24, 2.45) is 11.8 Å². The van der Waals surface area contributed by atoms with Crippen molar-refractivity contribution >= 4 is 22.7 Å². The van der Waals surface area contributed by atoms with Crippen LogP contribution in [0.2, 0.25) is 0 Å². The van der Waals surface area contributed by atoms with E-state index in [9.17, 15) is 0 Å². The normalized spacial score (nSPS) is 27.1. The zero-order valence-electron chi connectivity index (χ0n) is 12.2. The molecule has 3 unspecified atom stereocenters. The Morgan fingerprint density at radius 1 is 1.00 bits per heavy atom. The average molecular weight is 306 g/mol. The summed E-state index contributed by atoms with van der Waals surface area (Å²) in [7, 11) is 0. The van der Waals surface area contributed by atoms with Crippen molar-refractivity contribution in [1.82, 2.24) is 5.32 Å². The van der Waals surface area contributed by atoms with Crippen molar-refractivity contribution in [2.45, 2.75) is 45.2 Å². The van der Waals surface area contributed by atoms with Gasteiger partial charge in [0.25, 0.3) is 0 Å². The molecule has 1 nitrogen and oxygen atoms in total. The lowest BCUT2D eigenvalue weighted by atomic mass is 9.79. The molecule has 3 heteroatoms. The highest BCUT2D eigenvalue weighted by Gasteiger charge is 2.27. The molecule has 0 spiro atoms. The SMILES string of the molecule is CC1CCC(NC(c2cccs2)c2cccs2)CC1C. The van der Waals surface area contributed by atoms with Gasteiger partial charge in [-0.05, 0) is 54.0 Å². The van der Waals surface area contributed by atoms with Crippen LogP contribution >= 0.6 is 22.7 Å². The molecule has 1 aliphatic rings. The lowest BCUT2D eigenvalue weighted by molar-refractivity contribution is 0.220. The van der Waals surface area contributed by atoms with Gasteiger partial charge in [0.1, 0.15) is 0 Å². The molecular formula is C17H23NS2. The van der Waals surface area contributed by atoms with E-state index in [0.29, 0.717) is 12.1 Å². The second-order valence-corrected chi connectivity index (χ2v) is 8.05. The van der Waals surface area contributed by atoms with Crippen LogP contribution in [-0.4, -0.2) is 6.04 Å². The first-order valence-corrected chi connectivity index (χ1v) is 9.33. The van der Waals surface area contributed by atoms with Crippen molar-refractivity contribution in [3.8, 4) is 0 Å². The lowest BCUT2D eigenvalue weighted by Crippen LogP contribution is -2.38. The standard InChI is InChI=1S/C17H23NS2/c1-12-7-8-14(11-13(12)2)18-17(15-5-3-9-19-15)16-6-4-10-20-16/h3-6,9-10,12-14,17-18H,7-8,11H2,1-2H3. The van der Waals surface area contributed by atoms with Crippen molar-refractivity contribution < 1.29 is 0 Å². The molecule has 3 rings (SSSR count). The topological polar surface area (TPSA) is 12.0 Å². The van der Waals surface area contributed by atoms with E-state index in [-0.39, 0.29) is 0 Å². The molecule has 1 saturated carbocycles. The predicted octanol–water partition coefficient (Wildman–Crippen LogP) is 5.31. The van der Waals surface area contributed by atoms with E-state index < -0.39 is 0 Å². The van der Waals surface area contributed by atoms with Gasteiger partial charge in [-0.1, -0.05) is 26.0 Å². The zero-order valence-corrected chi connectivity index (χ0v) is 13.8. The Bertz CT molecular complexity index is 469. The second kappa shape index (κ2) is 6.42. The smallest absolute Gasteiger partial charge is 0.0766 e. The third-order valence-corrected chi connectivity index (χ3v) is 6.53. The van der Waals surface area contributed by atoms with Gasteiger partial charge in [-0.2, -0.15) is 0 Å². The number of hydrogen-bond acceptors (Lipinski definition) is 3. The number of nitrogens with one attached hydrogen (secondary N) is 1. The first kappa shape index (κ1) is 14.3. The van der Waals surface area contributed by atoms with E-state index in [0.717, 1.165) is 11.8 Å². The molecule has 0 radical (unpaired) electrons. The summed E-state index contributed by atoms with van der Waals surface area (Å²) >= 11 is 3.73. The Morgan fingerprint density at radius 2 is 1.65 bits per heavy atom. The van der Waals surface area contributed by atoms with Crippen LogP contribution in [0.25, 0.3) is 0 Å². The van der Waals surface area contributed by atoms with Crippen molar-refractivity contribution in [3.63, 3.8) is 0 Å². The monoisotopic (exact) mass is 305 g/mol. The summed E-state index contributed by atoms with van der Waals surface area (Å²) in [5.41, 5.74) is 0. The minimum Gasteiger partial charge on any atom is -0.302 e. The van der Waals surface area contributed by atoms with Gasteiger partial charge in [-0.15, -0.1) is 22.7 Å². The van der Waals surface area contributed by atoms with Gasteiger partial charge in [-0.3, -0.25) is 0 Å². The van der Waals surface area contributed by atoms with E-state index in [1.54, 1.807) is 0 Å². The Morgan fingerprint density at radius 3 is 2.15 bits per heavy atom. The zero-order chi connectivity index (χ0) is 13.9. The highest BCUT2D eigenvalue weighted by Crippen LogP contribution is 2.34. The molecule has 3 atom stereocenters.